The van der Waals surface area contributed by atoms with E-state index >= 15 is 0 Å². The fourth-order valence-corrected chi connectivity index (χ4v) is 1.76. The minimum Gasteiger partial charge on any atom is -0.480 e. The number of carboxylic acid groups (broad SMARTS) is 1. The predicted octanol–water partition coefficient (Wildman–Crippen LogP) is 1.33. The van der Waals surface area contributed by atoms with Crippen molar-refractivity contribution in [1.82, 2.24) is 4.90 Å². The van der Waals surface area contributed by atoms with Crippen LogP contribution in [-0.2, 0) is 9.59 Å². The molecule has 1 aromatic rings. The lowest BCUT2D eigenvalue weighted by Crippen LogP contribution is -2.43. The van der Waals surface area contributed by atoms with E-state index < -0.39 is 23.3 Å². The molecular weight excluding hydrogens is 278 g/mol. The van der Waals surface area contributed by atoms with E-state index in [0.29, 0.717) is 0 Å². The van der Waals surface area contributed by atoms with Crippen molar-refractivity contribution in [3.05, 3.63) is 34.4 Å². The van der Waals surface area contributed by atoms with E-state index in [2.05, 4.69) is 5.32 Å². The summed E-state index contributed by atoms with van der Waals surface area (Å²) < 4.78 is 0. The number of hydrogen-bond donors (Lipinski definition) is 2. The third-order valence-electron chi connectivity index (χ3n) is 2.78. The number of nitro groups is 1. The van der Waals surface area contributed by atoms with Crippen LogP contribution < -0.4 is 5.32 Å². The van der Waals surface area contributed by atoms with Gasteiger partial charge in [0.15, 0.2) is 0 Å². The number of hydrogen-bond acceptors (Lipinski definition) is 5. The van der Waals surface area contributed by atoms with Crippen LogP contribution in [0.4, 0.5) is 11.4 Å². The highest BCUT2D eigenvalue weighted by atomic mass is 16.6. The van der Waals surface area contributed by atoms with Crippen LogP contribution in [0.25, 0.3) is 0 Å². The molecule has 1 amide bonds. The largest absolute Gasteiger partial charge is 0.480 e. The monoisotopic (exact) mass is 295 g/mol. The summed E-state index contributed by atoms with van der Waals surface area (Å²) >= 11 is 0. The molecule has 0 aliphatic rings. The predicted molar refractivity (Wildman–Crippen MR) is 76.1 cm³/mol. The standard InChI is InChI=1S/C13H17N3O5/c1-9(2)15(8-13(18)19)12(17)7-14-10-5-3-4-6-11(10)16(20)21/h3-6,9,14H,7-8H2,1-2H3,(H,18,19). The van der Waals surface area contributed by atoms with Crippen LogP contribution >= 0.6 is 0 Å². The molecule has 8 nitrogen and oxygen atoms in total. The van der Waals surface area contributed by atoms with Gasteiger partial charge in [-0.05, 0) is 19.9 Å². The summed E-state index contributed by atoms with van der Waals surface area (Å²) in [7, 11) is 0. The van der Waals surface area contributed by atoms with Crippen LogP contribution in [0.1, 0.15) is 13.8 Å². The number of benzene rings is 1. The Morgan fingerprint density at radius 2 is 2.00 bits per heavy atom. The van der Waals surface area contributed by atoms with Gasteiger partial charge in [0.05, 0.1) is 11.5 Å². The van der Waals surface area contributed by atoms with E-state index in [9.17, 15) is 19.7 Å². The van der Waals surface area contributed by atoms with Gasteiger partial charge in [-0.25, -0.2) is 0 Å². The van der Waals surface area contributed by atoms with Crippen molar-refractivity contribution in [2.45, 2.75) is 19.9 Å². The Labute approximate surface area is 121 Å². The Morgan fingerprint density at radius 3 is 2.52 bits per heavy atom. The third-order valence-corrected chi connectivity index (χ3v) is 2.78. The number of amides is 1. The summed E-state index contributed by atoms with van der Waals surface area (Å²) in [5.41, 5.74) is 0.0783. The van der Waals surface area contributed by atoms with Crippen molar-refractivity contribution < 1.29 is 19.6 Å². The fourth-order valence-electron chi connectivity index (χ4n) is 1.76. The zero-order valence-corrected chi connectivity index (χ0v) is 11.8. The van der Waals surface area contributed by atoms with Crippen molar-refractivity contribution in [1.29, 1.82) is 0 Å². The molecule has 114 valence electrons. The first-order valence-electron chi connectivity index (χ1n) is 6.31. The van der Waals surface area contributed by atoms with Crippen molar-refractivity contribution in [2.75, 3.05) is 18.4 Å². The number of nitro benzene ring substituents is 1. The molecule has 21 heavy (non-hydrogen) atoms. The van der Waals surface area contributed by atoms with Crippen molar-refractivity contribution in [3.63, 3.8) is 0 Å². The summed E-state index contributed by atoms with van der Waals surface area (Å²) in [5, 5.41) is 22.3. The molecular formula is C13H17N3O5. The van der Waals surface area contributed by atoms with E-state index in [-0.39, 0.29) is 24.0 Å². The van der Waals surface area contributed by atoms with E-state index in [1.54, 1.807) is 19.9 Å². The molecule has 1 aromatic carbocycles. The van der Waals surface area contributed by atoms with E-state index in [4.69, 9.17) is 5.11 Å². The molecule has 0 fully saturated rings. The van der Waals surface area contributed by atoms with Gasteiger partial charge in [-0.15, -0.1) is 0 Å². The smallest absolute Gasteiger partial charge is 0.323 e. The second-order valence-electron chi connectivity index (χ2n) is 4.64. The molecule has 8 heteroatoms. The lowest BCUT2D eigenvalue weighted by atomic mass is 10.2. The molecule has 0 radical (unpaired) electrons. The van der Waals surface area contributed by atoms with Gasteiger partial charge >= 0.3 is 5.97 Å². The highest BCUT2D eigenvalue weighted by molar-refractivity contribution is 5.85. The average molecular weight is 295 g/mol. The number of anilines is 1. The number of carbonyl (C=O) groups excluding carboxylic acids is 1. The van der Waals surface area contributed by atoms with Crippen LogP contribution in [0, 0.1) is 10.1 Å². The van der Waals surface area contributed by atoms with Crippen molar-refractivity contribution in [2.24, 2.45) is 0 Å². The van der Waals surface area contributed by atoms with Gasteiger partial charge < -0.3 is 15.3 Å². The van der Waals surface area contributed by atoms with Crippen molar-refractivity contribution in [3.8, 4) is 0 Å². The summed E-state index contributed by atoms with van der Waals surface area (Å²) in [6.45, 7) is 2.78. The third kappa shape index (κ3) is 4.75. The van der Waals surface area contributed by atoms with Crippen LogP contribution in [0.2, 0.25) is 0 Å². The number of carbonyl (C=O) groups is 2. The Bertz CT molecular complexity index is 544. The second-order valence-corrected chi connectivity index (χ2v) is 4.64. The number of nitrogens with zero attached hydrogens (tertiary/aromatic N) is 2. The maximum atomic E-state index is 12.0. The summed E-state index contributed by atoms with van der Waals surface area (Å²) in [6, 6.07) is 5.67. The van der Waals surface area contributed by atoms with Gasteiger partial charge in [0, 0.05) is 12.1 Å². The summed E-state index contributed by atoms with van der Waals surface area (Å²) in [5.74, 6) is -1.55. The molecule has 0 saturated heterocycles. The van der Waals surface area contributed by atoms with Gasteiger partial charge in [0.25, 0.3) is 5.69 Å². The Balaban J connectivity index is 2.76. The first-order chi connectivity index (χ1) is 9.82. The lowest BCUT2D eigenvalue weighted by Gasteiger charge is -2.25. The van der Waals surface area contributed by atoms with E-state index in [0.717, 1.165) is 0 Å². The molecule has 0 unspecified atom stereocenters. The minimum atomic E-state index is -1.11. The molecule has 0 aliphatic heterocycles. The minimum absolute atomic E-state index is 0.139. The topological polar surface area (TPSA) is 113 Å². The quantitative estimate of drug-likeness (QED) is 0.579. The van der Waals surface area contributed by atoms with Gasteiger partial charge in [-0.1, -0.05) is 12.1 Å². The molecule has 0 aromatic heterocycles. The molecule has 0 saturated carbocycles. The summed E-state index contributed by atoms with van der Waals surface area (Å²) in [6.07, 6.45) is 0. The van der Waals surface area contributed by atoms with Crippen molar-refractivity contribution >= 4 is 23.3 Å². The average Bonchev–Trinajstić information content (AvgIpc) is 2.41. The molecule has 0 spiro atoms. The van der Waals surface area contributed by atoms with E-state index in [1.165, 1.54) is 23.1 Å². The van der Waals surface area contributed by atoms with Crippen LogP contribution in [0.5, 0.6) is 0 Å². The zero-order chi connectivity index (χ0) is 16.0. The Kier molecular flexibility index (Phi) is 5.65. The number of para-hydroxylation sites is 2. The summed E-state index contributed by atoms with van der Waals surface area (Å²) in [4.78, 5) is 34.2. The zero-order valence-electron chi connectivity index (χ0n) is 11.8. The molecule has 0 aliphatic carbocycles. The highest BCUT2D eigenvalue weighted by Crippen LogP contribution is 2.22. The van der Waals surface area contributed by atoms with E-state index in [1.807, 2.05) is 0 Å². The maximum absolute atomic E-state index is 12.0. The Hall–Kier alpha value is -2.64. The maximum Gasteiger partial charge on any atom is 0.323 e. The van der Waals surface area contributed by atoms with Gasteiger partial charge in [0.1, 0.15) is 12.2 Å². The van der Waals surface area contributed by atoms with Gasteiger partial charge in [0.2, 0.25) is 5.91 Å². The van der Waals surface area contributed by atoms with Gasteiger partial charge in [-0.3, -0.25) is 19.7 Å². The number of rotatable bonds is 7. The molecule has 0 heterocycles. The highest BCUT2D eigenvalue weighted by Gasteiger charge is 2.20. The normalized spacial score (nSPS) is 10.2. The van der Waals surface area contributed by atoms with Crippen LogP contribution in [-0.4, -0.2) is 45.9 Å². The fraction of sp³-hybridized carbons (Fsp3) is 0.385. The molecule has 0 atom stereocenters. The van der Waals surface area contributed by atoms with Crippen LogP contribution in [0.15, 0.2) is 24.3 Å². The SMILES string of the molecule is CC(C)N(CC(=O)O)C(=O)CNc1ccccc1[N+](=O)[O-]. The molecule has 1 rings (SSSR count). The second kappa shape index (κ2) is 7.22. The number of carboxylic acids is 1. The first kappa shape index (κ1) is 16.4. The number of aliphatic carboxylic acids is 1. The molecule has 2 N–H and O–H groups in total. The first-order valence-corrected chi connectivity index (χ1v) is 6.31. The van der Waals surface area contributed by atoms with Crippen LogP contribution in [0.3, 0.4) is 0 Å². The molecule has 0 bridgehead atoms. The number of nitrogens with one attached hydrogen (secondary N) is 1. The lowest BCUT2D eigenvalue weighted by molar-refractivity contribution is -0.383. The Morgan fingerprint density at radius 1 is 1.38 bits per heavy atom. The van der Waals surface area contributed by atoms with Gasteiger partial charge in [-0.2, -0.15) is 0 Å².